The summed E-state index contributed by atoms with van der Waals surface area (Å²) in [5, 5.41) is 0. The quantitative estimate of drug-likeness (QED) is 0.697. The van der Waals surface area contributed by atoms with Crippen molar-refractivity contribution < 1.29 is 4.39 Å². The van der Waals surface area contributed by atoms with E-state index < -0.39 is 5.95 Å². The Labute approximate surface area is 89.3 Å². The lowest BCUT2D eigenvalue weighted by Crippen LogP contribution is -2.27. The van der Waals surface area contributed by atoms with E-state index in [9.17, 15) is 4.39 Å². The van der Waals surface area contributed by atoms with Crippen molar-refractivity contribution >= 4 is 5.82 Å². The Morgan fingerprint density at radius 1 is 1.47 bits per heavy atom. The number of unbranched alkanes of at least 4 members (excludes halogenated alkanes) is 1. The highest BCUT2D eigenvalue weighted by molar-refractivity contribution is 5.40. The minimum Gasteiger partial charge on any atom is -0.353 e. The van der Waals surface area contributed by atoms with E-state index in [1.807, 2.05) is 0 Å². The van der Waals surface area contributed by atoms with Crippen LogP contribution in [-0.4, -0.2) is 22.6 Å². The van der Waals surface area contributed by atoms with Gasteiger partial charge in [-0.1, -0.05) is 13.3 Å². The van der Waals surface area contributed by atoms with Gasteiger partial charge in [-0.2, -0.15) is 4.39 Å². The number of aromatic nitrogens is 2. The molecule has 1 fully saturated rings. The number of rotatable bonds is 5. The van der Waals surface area contributed by atoms with Crippen LogP contribution < -0.4 is 4.90 Å². The molecule has 1 aliphatic carbocycles. The summed E-state index contributed by atoms with van der Waals surface area (Å²) in [6.45, 7) is 3.13. The molecule has 0 amide bonds. The lowest BCUT2D eigenvalue weighted by molar-refractivity contribution is 0.576. The highest BCUT2D eigenvalue weighted by Gasteiger charge is 2.29. The summed E-state index contributed by atoms with van der Waals surface area (Å²) in [7, 11) is 0. The minimum absolute atomic E-state index is 0.442. The van der Waals surface area contributed by atoms with Crippen molar-refractivity contribution in [2.75, 3.05) is 11.4 Å². The summed E-state index contributed by atoms with van der Waals surface area (Å²) in [4.78, 5) is 9.81. The van der Waals surface area contributed by atoms with Crippen LogP contribution in [0, 0.1) is 5.95 Å². The normalized spacial score (nSPS) is 15.3. The van der Waals surface area contributed by atoms with Gasteiger partial charge in [-0.15, -0.1) is 0 Å². The maximum atomic E-state index is 13.0. The molecule has 0 bridgehead atoms. The van der Waals surface area contributed by atoms with Gasteiger partial charge in [-0.25, -0.2) is 9.97 Å². The molecule has 0 N–H and O–H groups in total. The zero-order valence-electron chi connectivity index (χ0n) is 8.99. The molecule has 1 heterocycles. The van der Waals surface area contributed by atoms with Crippen LogP contribution in [0.2, 0.25) is 0 Å². The molecule has 4 heteroatoms. The van der Waals surface area contributed by atoms with Crippen LogP contribution in [0.5, 0.6) is 0 Å². The van der Waals surface area contributed by atoms with Gasteiger partial charge in [0.2, 0.25) is 5.95 Å². The molecule has 0 saturated heterocycles. The molecule has 1 aliphatic rings. The van der Waals surface area contributed by atoms with Crippen LogP contribution in [0.3, 0.4) is 0 Å². The van der Waals surface area contributed by atoms with Gasteiger partial charge in [0.15, 0.2) is 0 Å². The average molecular weight is 209 g/mol. The van der Waals surface area contributed by atoms with Crippen LogP contribution in [0.4, 0.5) is 10.2 Å². The first-order valence-electron chi connectivity index (χ1n) is 5.55. The van der Waals surface area contributed by atoms with Gasteiger partial charge in [0.25, 0.3) is 0 Å². The molecular weight excluding hydrogens is 193 g/mol. The molecule has 0 radical (unpaired) electrons. The van der Waals surface area contributed by atoms with E-state index in [-0.39, 0.29) is 0 Å². The van der Waals surface area contributed by atoms with Gasteiger partial charge in [-0.3, -0.25) is 0 Å². The van der Waals surface area contributed by atoms with Gasteiger partial charge >= 0.3 is 0 Å². The summed E-state index contributed by atoms with van der Waals surface area (Å²) < 4.78 is 13.0. The van der Waals surface area contributed by atoms with E-state index in [1.54, 1.807) is 0 Å². The standard InChI is InChI=1S/C11H16FN3/c1-2-3-6-15(9-4-5-9)11-7-10(12)13-8-14-11/h7-9H,2-6H2,1H3. The fourth-order valence-electron chi connectivity index (χ4n) is 1.68. The minimum atomic E-state index is -0.442. The average Bonchev–Trinajstić information content (AvgIpc) is 3.03. The van der Waals surface area contributed by atoms with Crippen molar-refractivity contribution in [1.82, 2.24) is 9.97 Å². The summed E-state index contributed by atoms with van der Waals surface area (Å²) in [5.74, 6) is 0.292. The molecule has 1 aromatic heterocycles. The fraction of sp³-hybridized carbons (Fsp3) is 0.636. The Kier molecular flexibility index (Phi) is 3.14. The Bertz CT molecular complexity index is 325. The molecule has 0 aromatic carbocycles. The van der Waals surface area contributed by atoms with Crippen LogP contribution in [0.15, 0.2) is 12.4 Å². The molecule has 1 aromatic rings. The van der Waals surface area contributed by atoms with E-state index in [0.29, 0.717) is 6.04 Å². The molecule has 0 atom stereocenters. The first-order valence-corrected chi connectivity index (χ1v) is 5.55. The molecule has 2 rings (SSSR count). The molecule has 1 saturated carbocycles. The smallest absolute Gasteiger partial charge is 0.218 e. The summed E-state index contributed by atoms with van der Waals surface area (Å²) in [6, 6.07) is 2.00. The van der Waals surface area contributed by atoms with E-state index in [1.165, 1.54) is 25.2 Å². The lowest BCUT2D eigenvalue weighted by Gasteiger charge is -2.22. The second kappa shape index (κ2) is 4.55. The number of hydrogen-bond acceptors (Lipinski definition) is 3. The van der Waals surface area contributed by atoms with Crippen LogP contribution in [0.25, 0.3) is 0 Å². The molecule has 3 nitrogen and oxygen atoms in total. The number of halogens is 1. The third-order valence-corrected chi connectivity index (χ3v) is 2.65. The molecule has 15 heavy (non-hydrogen) atoms. The van der Waals surface area contributed by atoms with E-state index in [4.69, 9.17) is 0 Å². The van der Waals surface area contributed by atoms with Crippen LogP contribution in [-0.2, 0) is 0 Å². The van der Waals surface area contributed by atoms with E-state index in [0.717, 1.165) is 25.2 Å². The van der Waals surface area contributed by atoms with Gasteiger partial charge in [0.1, 0.15) is 12.1 Å². The van der Waals surface area contributed by atoms with Gasteiger partial charge < -0.3 is 4.90 Å². The monoisotopic (exact) mass is 209 g/mol. The Morgan fingerprint density at radius 3 is 2.87 bits per heavy atom. The Hall–Kier alpha value is -1.19. The van der Waals surface area contributed by atoms with Crippen molar-refractivity contribution in [3.8, 4) is 0 Å². The third kappa shape index (κ3) is 2.64. The van der Waals surface area contributed by atoms with E-state index in [2.05, 4.69) is 21.8 Å². The van der Waals surface area contributed by atoms with E-state index >= 15 is 0 Å². The molecular formula is C11H16FN3. The zero-order valence-corrected chi connectivity index (χ0v) is 8.99. The second-order valence-electron chi connectivity index (χ2n) is 3.98. The number of nitrogens with zero attached hydrogens (tertiary/aromatic N) is 3. The zero-order chi connectivity index (χ0) is 10.7. The predicted molar refractivity (Wildman–Crippen MR) is 57.3 cm³/mol. The summed E-state index contributed by atoms with van der Waals surface area (Å²) in [6.07, 6.45) is 5.98. The molecule has 0 aliphatic heterocycles. The number of anilines is 1. The Morgan fingerprint density at radius 2 is 2.27 bits per heavy atom. The Balaban J connectivity index is 2.09. The van der Waals surface area contributed by atoms with Crippen LogP contribution in [0.1, 0.15) is 32.6 Å². The highest BCUT2D eigenvalue weighted by Crippen LogP contribution is 2.30. The first kappa shape index (κ1) is 10.3. The maximum absolute atomic E-state index is 13.0. The van der Waals surface area contributed by atoms with Crippen molar-refractivity contribution in [2.24, 2.45) is 0 Å². The molecule has 82 valence electrons. The van der Waals surface area contributed by atoms with Gasteiger partial charge in [-0.05, 0) is 19.3 Å². The lowest BCUT2D eigenvalue weighted by atomic mass is 10.3. The van der Waals surface area contributed by atoms with Crippen molar-refractivity contribution in [3.05, 3.63) is 18.3 Å². The fourth-order valence-corrected chi connectivity index (χ4v) is 1.68. The highest BCUT2D eigenvalue weighted by atomic mass is 19.1. The maximum Gasteiger partial charge on any atom is 0.218 e. The largest absolute Gasteiger partial charge is 0.353 e. The van der Waals surface area contributed by atoms with Gasteiger partial charge in [0.05, 0.1) is 0 Å². The molecule has 0 unspecified atom stereocenters. The first-order chi connectivity index (χ1) is 7.31. The van der Waals surface area contributed by atoms with Gasteiger partial charge in [0, 0.05) is 18.7 Å². The topological polar surface area (TPSA) is 29.0 Å². The SMILES string of the molecule is CCCCN(c1cc(F)ncn1)C1CC1. The summed E-state index contributed by atoms with van der Waals surface area (Å²) in [5.41, 5.74) is 0. The third-order valence-electron chi connectivity index (χ3n) is 2.65. The van der Waals surface area contributed by atoms with Crippen LogP contribution >= 0.6 is 0 Å². The number of hydrogen-bond donors (Lipinski definition) is 0. The van der Waals surface area contributed by atoms with Crippen molar-refractivity contribution in [2.45, 2.75) is 38.6 Å². The molecule has 0 spiro atoms. The van der Waals surface area contributed by atoms with Crippen molar-refractivity contribution in [1.29, 1.82) is 0 Å². The second-order valence-corrected chi connectivity index (χ2v) is 3.98. The predicted octanol–water partition coefficient (Wildman–Crippen LogP) is 2.38. The van der Waals surface area contributed by atoms with Crippen molar-refractivity contribution in [3.63, 3.8) is 0 Å². The summed E-state index contributed by atoms with van der Waals surface area (Å²) >= 11 is 0.